The predicted molar refractivity (Wildman–Crippen MR) is 74.1 cm³/mol. The Bertz CT molecular complexity index is 320. The number of hydrogen-bond acceptors (Lipinski definition) is 3. The van der Waals surface area contributed by atoms with E-state index < -0.39 is 0 Å². The molecule has 0 amide bonds. The predicted octanol–water partition coefficient (Wildman–Crippen LogP) is 3.30. The van der Waals surface area contributed by atoms with E-state index in [1.54, 1.807) is 7.11 Å². The number of methoxy groups -OCH3 is 1. The van der Waals surface area contributed by atoms with E-state index >= 15 is 0 Å². The van der Waals surface area contributed by atoms with Gasteiger partial charge in [0, 0.05) is 29.6 Å². The van der Waals surface area contributed by atoms with E-state index in [0.717, 1.165) is 25.4 Å². The van der Waals surface area contributed by atoms with Gasteiger partial charge in [-0.15, -0.1) is 11.8 Å². The number of halogens is 1. The van der Waals surface area contributed by atoms with Gasteiger partial charge in [0.25, 0.3) is 0 Å². The molecule has 0 aromatic heterocycles. The molecule has 0 aliphatic heterocycles. The quantitative estimate of drug-likeness (QED) is 0.617. The first-order valence-corrected chi connectivity index (χ1v) is 7.16. The first kappa shape index (κ1) is 14.0. The minimum Gasteiger partial charge on any atom is -0.383 e. The minimum absolute atomic E-state index is 0.755. The van der Waals surface area contributed by atoms with Gasteiger partial charge in [-0.05, 0) is 39.4 Å². The Kier molecular flexibility index (Phi) is 7.12. The number of ether oxygens (including phenoxy) is 1. The van der Waals surface area contributed by atoms with Gasteiger partial charge in [0.05, 0.1) is 6.61 Å². The molecule has 1 N–H and O–H groups in total. The lowest BCUT2D eigenvalue weighted by Gasteiger charge is -2.07. The van der Waals surface area contributed by atoms with Crippen LogP contribution in [-0.2, 0) is 11.3 Å². The first-order chi connectivity index (χ1) is 7.77. The third kappa shape index (κ3) is 4.87. The van der Waals surface area contributed by atoms with Gasteiger partial charge in [-0.1, -0.05) is 13.0 Å². The molecular formula is C12H18BrNOS. The molecule has 0 radical (unpaired) electrons. The van der Waals surface area contributed by atoms with Crippen LogP contribution in [-0.4, -0.2) is 26.0 Å². The molecule has 0 heterocycles. The number of thioether (sulfide) groups is 1. The highest BCUT2D eigenvalue weighted by Crippen LogP contribution is 2.28. The van der Waals surface area contributed by atoms with Crippen molar-refractivity contribution in [2.45, 2.75) is 18.4 Å². The standard InChI is InChI=1S/C12H18BrNOS/c1-3-16-12-5-4-10(8-11(12)13)9-14-6-7-15-2/h4-5,8,14H,3,6-7,9H2,1-2H3. The van der Waals surface area contributed by atoms with Gasteiger partial charge >= 0.3 is 0 Å². The summed E-state index contributed by atoms with van der Waals surface area (Å²) in [6.07, 6.45) is 0. The number of benzene rings is 1. The Morgan fingerprint density at radius 1 is 1.44 bits per heavy atom. The lowest BCUT2D eigenvalue weighted by atomic mass is 10.2. The Hall–Kier alpha value is -0.0300. The molecule has 0 saturated heterocycles. The molecule has 1 rings (SSSR count). The van der Waals surface area contributed by atoms with Crippen molar-refractivity contribution >= 4 is 27.7 Å². The topological polar surface area (TPSA) is 21.3 Å². The van der Waals surface area contributed by atoms with Crippen LogP contribution in [0.1, 0.15) is 12.5 Å². The third-order valence-electron chi connectivity index (χ3n) is 2.11. The number of rotatable bonds is 7. The van der Waals surface area contributed by atoms with E-state index in [-0.39, 0.29) is 0 Å². The molecule has 0 spiro atoms. The summed E-state index contributed by atoms with van der Waals surface area (Å²) in [6.45, 7) is 4.70. The van der Waals surface area contributed by atoms with Crippen molar-refractivity contribution in [3.63, 3.8) is 0 Å². The molecule has 0 saturated carbocycles. The Morgan fingerprint density at radius 2 is 2.25 bits per heavy atom. The SMILES string of the molecule is CCSc1ccc(CNCCOC)cc1Br. The molecule has 90 valence electrons. The fourth-order valence-corrected chi connectivity index (χ4v) is 2.78. The monoisotopic (exact) mass is 303 g/mol. The van der Waals surface area contributed by atoms with E-state index in [1.165, 1.54) is 14.9 Å². The largest absolute Gasteiger partial charge is 0.383 e. The zero-order valence-corrected chi connectivity index (χ0v) is 12.2. The fourth-order valence-electron chi connectivity index (χ4n) is 1.33. The van der Waals surface area contributed by atoms with Crippen LogP contribution in [0.25, 0.3) is 0 Å². The minimum atomic E-state index is 0.755. The molecule has 0 aliphatic carbocycles. The summed E-state index contributed by atoms with van der Waals surface area (Å²) >= 11 is 5.45. The molecule has 0 bridgehead atoms. The highest BCUT2D eigenvalue weighted by Gasteiger charge is 2.01. The summed E-state index contributed by atoms with van der Waals surface area (Å²) in [5.41, 5.74) is 1.29. The van der Waals surface area contributed by atoms with Crippen LogP contribution >= 0.6 is 27.7 Å². The molecule has 0 aliphatic rings. The third-order valence-corrected chi connectivity index (χ3v) is 3.98. The van der Waals surface area contributed by atoms with E-state index in [9.17, 15) is 0 Å². The maximum atomic E-state index is 4.98. The van der Waals surface area contributed by atoms with Crippen molar-refractivity contribution in [3.05, 3.63) is 28.2 Å². The summed E-state index contributed by atoms with van der Waals surface area (Å²) in [4.78, 5) is 1.31. The van der Waals surface area contributed by atoms with Gasteiger partial charge in [0.2, 0.25) is 0 Å². The van der Waals surface area contributed by atoms with Crippen LogP contribution in [0.3, 0.4) is 0 Å². The van der Waals surface area contributed by atoms with Crippen LogP contribution in [0.5, 0.6) is 0 Å². The van der Waals surface area contributed by atoms with E-state index in [1.807, 2.05) is 11.8 Å². The van der Waals surface area contributed by atoms with Crippen LogP contribution in [0.4, 0.5) is 0 Å². The number of nitrogens with one attached hydrogen (secondary N) is 1. The zero-order valence-electron chi connectivity index (χ0n) is 9.75. The van der Waals surface area contributed by atoms with Crippen LogP contribution < -0.4 is 5.32 Å². The van der Waals surface area contributed by atoms with Crippen molar-refractivity contribution in [1.82, 2.24) is 5.32 Å². The second kappa shape index (κ2) is 8.12. The van der Waals surface area contributed by atoms with Crippen molar-refractivity contribution in [2.75, 3.05) is 26.0 Å². The maximum absolute atomic E-state index is 4.98. The van der Waals surface area contributed by atoms with Gasteiger partial charge in [-0.2, -0.15) is 0 Å². The van der Waals surface area contributed by atoms with Crippen LogP contribution in [0.15, 0.2) is 27.6 Å². The summed E-state index contributed by atoms with van der Waals surface area (Å²) in [7, 11) is 1.72. The van der Waals surface area contributed by atoms with Gasteiger partial charge in [-0.25, -0.2) is 0 Å². The fraction of sp³-hybridized carbons (Fsp3) is 0.500. The zero-order chi connectivity index (χ0) is 11.8. The van der Waals surface area contributed by atoms with Crippen molar-refractivity contribution in [2.24, 2.45) is 0 Å². The van der Waals surface area contributed by atoms with Gasteiger partial charge in [-0.3, -0.25) is 0 Å². The molecule has 0 fully saturated rings. The highest BCUT2D eigenvalue weighted by atomic mass is 79.9. The summed E-state index contributed by atoms with van der Waals surface area (Å²) < 4.78 is 6.17. The lowest BCUT2D eigenvalue weighted by Crippen LogP contribution is -2.18. The van der Waals surface area contributed by atoms with Gasteiger partial charge in [0.15, 0.2) is 0 Å². The molecular weight excluding hydrogens is 286 g/mol. The Morgan fingerprint density at radius 3 is 2.88 bits per heavy atom. The lowest BCUT2D eigenvalue weighted by molar-refractivity contribution is 0.199. The maximum Gasteiger partial charge on any atom is 0.0587 e. The normalized spacial score (nSPS) is 10.7. The molecule has 1 aromatic carbocycles. The Labute approximate surface area is 110 Å². The molecule has 4 heteroatoms. The average Bonchev–Trinajstić information content (AvgIpc) is 2.28. The molecule has 2 nitrogen and oxygen atoms in total. The second-order valence-corrected chi connectivity index (χ2v) is 5.53. The highest BCUT2D eigenvalue weighted by molar-refractivity contribution is 9.10. The Balaban J connectivity index is 2.46. The first-order valence-electron chi connectivity index (χ1n) is 5.38. The second-order valence-electron chi connectivity index (χ2n) is 3.37. The van der Waals surface area contributed by atoms with Gasteiger partial charge < -0.3 is 10.1 Å². The van der Waals surface area contributed by atoms with E-state index in [0.29, 0.717) is 0 Å². The van der Waals surface area contributed by atoms with Crippen LogP contribution in [0, 0.1) is 0 Å². The molecule has 0 atom stereocenters. The van der Waals surface area contributed by atoms with Crippen molar-refractivity contribution in [1.29, 1.82) is 0 Å². The van der Waals surface area contributed by atoms with Crippen LogP contribution in [0.2, 0.25) is 0 Å². The molecule has 0 unspecified atom stereocenters. The summed E-state index contributed by atoms with van der Waals surface area (Å²) in [5.74, 6) is 1.10. The van der Waals surface area contributed by atoms with Crippen molar-refractivity contribution in [3.8, 4) is 0 Å². The smallest absolute Gasteiger partial charge is 0.0587 e. The molecule has 16 heavy (non-hydrogen) atoms. The summed E-state index contributed by atoms with van der Waals surface area (Å²) in [5, 5.41) is 3.33. The van der Waals surface area contributed by atoms with Crippen molar-refractivity contribution < 1.29 is 4.74 Å². The average molecular weight is 304 g/mol. The van der Waals surface area contributed by atoms with Gasteiger partial charge in [0.1, 0.15) is 0 Å². The van der Waals surface area contributed by atoms with E-state index in [2.05, 4.69) is 46.4 Å². The number of hydrogen-bond donors (Lipinski definition) is 1. The summed E-state index contributed by atoms with van der Waals surface area (Å²) in [6, 6.07) is 6.52. The van der Waals surface area contributed by atoms with E-state index in [4.69, 9.17) is 4.74 Å². The molecule has 1 aromatic rings.